The van der Waals surface area contributed by atoms with Gasteiger partial charge in [0.1, 0.15) is 29.7 Å². The summed E-state index contributed by atoms with van der Waals surface area (Å²) < 4.78 is 51.2. The lowest BCUT2D eigenvalue weighted by Gasteiger charge is -2.30. The summed E-state index contributed by atoms with van der Waals surface area (Å²) >= 11 is 0. The molecular formula is C20H23F3N4O4. The smallest absolute Gasteiger partial charge is 0.474 e. The molecule has 0 atom stereocenters. The number of halogens is 3. The molecule has 1 N–H and O–H groups in total. The van der Waals surface area contributed by atoms with Crippen LogP contribution in [0.15, 0.2) is 24.5 Å². The molecule has 1 saturated heterocycles. The number of anilines is 2. The van der Waals surface area contributed by atoms with Crippen molar-refractivity contribution in [2.75, 3.05) is 18.4 Å². The molecule has 1 aliphatic heterocycles. The topological polar surface area (TPSA) is 85.8 Å². The highest BCUT2D eigenvalue weighted by Crippen LogP contribution is 2.24. The van der Waals surface area contributed by atoms with Crippen molar-refractivity contribution in [2.24, 2.45) is 0 Å². The number of ether oxygens (including phenoxy) is 2. The Morgan fingerprint density at radius 3 is 2.42 bits per heavy atom. The van der Waals surface area contributed by atoms with Gasteiger partial charge in [-0.1, -0.05) is 0 Å². The molecule has 0 amide bonds. The van der Waals surface area contributed by atoms with Gasteiger partial charge in [-0.25, -0.2) is 27.9 Å². The molecule has 0 unspecified atom stereocenters. The third-order valence-corrected chi connectivity index (χ3v) is 4.20. The highest BCUT2D eigenvalue weighted by Gasteiger charge is 2.26. The summed E-state index contributed by atoms with van der Waals surface area (Å²) in [6.45, 7) is 6.14. The second-order valence-corrected chi connectivity index (χ2v) is 7.91. The van der Waals surface area contributed by atoms with Gasteiger partial charge in [0.2, 0.25) is 5.88 Å². The average Bonchev–Trinajstić information content (AvgIpc) is 2.66. The van der Waals surface area contributed by atoms with Gasteiger partial charge in [0, 0.05) is 44.1 Å². The van der Waals surface area contributed by atoms with Crippen molar-refractivity contribution in [3.05, 3.63) is 42.0 Å². The van der Waals surface area contributed by atoms with Crippen molar-refractivity contribution in [1.29, 1.82) is 0 Å². The fourth-order valence-electron chi connectivity index (χ4n) is 2.81. The Kier molecular flexibility index (Phi) is 6.84. The summed E-state index contributed by atoms with van der Waals surface area (Å²) in [6, 6.07) is 2.57. The van der Waals surface area contributed by atoms with Gasteiger partial charge in [0.25, 0.3) is 0 Å². The lowest BCUT2D eigenvalue weighted by Crippen LogP contribution is -2.40. The Balaban J connectivity index is 1.53. The minimum Gasteiger partial charge on any atom is -0.474 e. The largest absolute Gasteiger partial charge is 0.528 e. The van der Waals surface area contributed by atoms with Gasteiger partial charge < -0.3 is 19.6 Å². The van der Waals surface area contributed by atoms with Crippen LogP contribution in [0.4, 0.5) is 29.5 Å². The molecule has 8 nitrogen and oxygen atoms in total. The maximum Gasteiger partial charge on any atom is 0.528 e. The van der Waals surface area contributed by atoms with Crippen LogP contribution in [-0.2, 0) is 9.57 Å². The zero-order valence-corrected chi connectivity index (χ0v) is 17.3. The van der Waals surface area contributed by atoms with Gasteiger partial charge in [-0.15, -0.1) is 5.06 Å². The van der Waals surface area contributed by atoms with Crippen molar-refractivity contribution < 1.29 is 32.3 Å². The number of piperidine rings is 1. The van der Waals surface area contributed by atoms with Crippen LogP contribution in [0.5, 0.6) is 5.88 Å². The number of hydrogen-bond acceptors (Lipinski definition) is 8. The lowest BCUT2D eigenvalue weighted by atomic mass is 10.1. The number of hydroxylamine groups is 2. The second kappa shape index (κ2) is 9.38. The number of aromatic nitrogens is 2. The first-order valence-electron chi connectivity index (χ1n) is 9.65. The van der Waals surface area contributed by atoms with E-state index in [9.17, 15) is 18.0 Å². The van der Waals surface area contributed by atoms with E-state index < -0.39 is 29.2 Å². The minimum absolute atomic E-state index is 0.153. The molecule has 11 heteroatoms. The first-order chi connectivity index (χ1) is 14.6. The normalized spacial score (nSPS) is 15.4. The van der Waals surface area contributed by atoms with Gasteiger partial charge in [0.05, 0.1) is 5.69 Å². The molecule has 1 aliphatic rings. The van der Waals surface area contributed by atoms with Crippen molar-refractivity contribution in [3.63, 3.8) is 0 Å². The summed E-state index contributed by atoms with van der Waals surface area (Å²) in [5.41, 5.74) is -0.906. The molecule has 31 heavy (non-hydrogen) atoms. The van der Waals surface area contributed by atoms with E-state index in [0.29, 0.717) is 38.1 Å². The third-order valence-electron chi connectivity index (χ3n) is 4.20. The Labute approximate surface area is 177 Å². The van der Waals surface area contributed by atoms with Gasteiger partial charge in [0.15, 0.2) is 11.6 Å². The molecule has 168 valence electrons. The monoisotopic (exact) mass is 440 g/mol. The zero-order chi connectivity index (χ0) is 22.6. The molecule has 0 bridgehead atoms. The number of rotatable bonds is 5. The van der Waals surface area contributed by atoms with E-state index in [1.807, 2.05) is 0 Å². The predicted octanol–water partition coefficient (Wildman–Crippen LogP) is 4.35. The average molecular weight is 440 g/mol. The van der Waals surface area contributed by atoms with Crippen LogP contribution in [-0.4, -0.2) is 46.0 Å². The quantitative estimate of drug-likeness (QED) is 0.543. The molecule has 2 heterocycles. The second-order valence-electron chi connectivity index (χ2n) is 7.91. The van der Waals surface area contributed by atoms with Gasteiger partial charge in [-0.2, -0.15) is 0 Å². The van der Waals surface area contributed by atoms with E-state index in [-0.39, 0.29) is 23.5 Å². The van der Waals surface area contributed by atoms with Crippen molar-refractivity contribution in [1.82, 2.24) is 15.0 Å². The fraction of sp³-hybridized carbons (Fsp3) is 0.450. The van der Waals surface area contributed by atoms with E-state index in [1.54, 1.807) is 20.8 Å². The van der Waals surface area contributed by atoms with Crippen LogP contribution in [0.25, 0.3) is 0 Å². The third kappa shape index (κ3) is 6.71. The Morgan fingerprint density at radius 2 is 1.74 bits per heavy atom. The first kappa shape index (κ1) is 22.6. The van der Waals surface area contributed by atoms with Crippen LogP contribution in [0.2, 0.25) is 0 Å². The SMILES string of the molecule is CC(C)(C)OC(=O)ON1CCC(Oc2cc(Nc3cc(F)c(F)cc3F)ncn2)CC1. The molecule has 1 aromatic heterocycles. The Hall–Kier alpha value is -3.08. The van der Waals surface area contributed by atoms with Crippen molar-refractivity contribution in [3.8, 4) is 5.88 Å². The summed E-state index contributed by atoms with van der Waals surface area (Å²) in [5, 5.41) is 4.08. The zero-order valence-electron chi connectivity index (χ0n) is 17.3. The van der Waals surface area contributed by atoms with Crippen LogP contribution >= 0.6 is 0 Å². The van der Waals surface area contributed by atoms with E-state index in [1.165, 1.54) is 17.5 Å². The van der Waals surface area contributed by atoms with Gasteiger partial charge in [-0.3, -0.25) is 0 Å². The van der Waals surface area contributed by atoms with Crippen molar-refractivity contribution >= 4 is 17.7 Å². The predicted molar refractivity (Wildman–Crippen MR) is 104 cm³/mol. The van der Waals surface area contributed by atoms with Crippen LogP contribution in [0.1, 0.15) is 33.6 Å². The molecule has 1 fully saturated rings. The number of nitrogens with zero attached hydrogens (tertiary/aromatic N) is 3. The molecule has 0 saturated carbocycles. The standard InChI is InChI=1S/C20H23F3N4O4/c1-20(2,3)30-19(28)31-27-6-4-12(5-7-27)29-18-10-17(24-11-25-18)26-16-9-14(22)13(21)8-15(16)23/h8-12H,4-7H2,1-3H3,(H,24,25,26). The molecule has 0 radical (unpaired) electrons. The molecule has 2 aromatic rings. The summed E-state index contributed by atoms with van der Waals surface area (Å²) in [7, 11) is 0. The van der Waals surface area contributed by atoms with E-state index >= 15 is 0 Å². The molecule has 1 aromatic carbocycles. The van der Waals surface area contributed by atoms with E-state index in [2.05, 4.69) is 15.3 Å². The lowest BCUT2D eigenvalue weighted by molar-refractivity contribution is -0.159. The highest BCUT2D eigenvalue weighted by atomic mass is 19.2. The number of benzene rings is 1. The highest BCUT2D eigenvalue weighted by molar-refractivity contribution is 5.60. The van der Waals surface area contributed by atoms with Crippen LogP contribution in [0, 0.1) is 17.5 Å². The van der Waals surface area contributed by atoms with Crippen LogP contribution in [0.3, 0.4) is 0 Å². The maximum absolute atomic E-state index is 13.8. The summed E-state index contributed by atoms with van der Waals surface area (Å²) in [6.07, 6.45) is 1.38. The number of nitrogens with one attached hydrogen (secondary N) is 1. The maximum atomic E-state index is 13.8. The molecule has 0 aliphatic carbocycles. The summed E-state index contributed by atoms with van der Waals surface area (Å²) in [4.78, 5) is 24.9. The minimum atomic E-state index is -1.28. The van der Waals surface area contributed by atoms with Crippen molar-refractivity contribution in [2.45, 2.75) is 45.3 Å². The number of carbonyl (C=O) groups excluding carboxylic acids is 1. The first-order valence-corrected chi connectivity index (χ1v) is 9.65. The molecular weight excluding hydrogens is 417 g/mol. The Morgan fingerprint density at radius 1 is 1.06 bits per heavy atom. The van der Waals surface area contributed by atoms with E-state index in [0.717, 1.165) is 0 Å². The van der Waals surface area contributed by atoms with Gasteiger partial charge >= 0.3 is 6.16 Å². The van der Waals surface area contributed by atoms with Crippen LogP contribution < -0.4 is 10.1 Å². The number of hydrogen-bond donors (Lipinski definition) is 1. The molecule has 3 rings (SSSR count). The Bertz CT molecular complexity index is 931. The summed E-state index contributed by atoms with van der Waals surface area (Å²) in [5.74, 6) is -3.04. The molecule has 0 spiro atoms. The van der Waals surface area contributed by atoms with Gasteiger partial charge in [-0.05, 0) is 20.8 Å². The van der Waals surface area contributed by atoms with E-state index in [4.69, 9.17) is 14.3 Å². The fourth-order valence-corrected chi connectivity index (χ4v) is 2.81. The number of carbonyl (C=O) groups is 1.